The first-order valence-electron chi connectivity index (χ1n) is 10.4. The first kappa shape index (κ1) is 23.9. The van der Waals surface area contributed by atoms with Gasteiger partial charge in [-0.15, -0.1) is 0 Å². The molecular formula is C28H22F4O. The van der Waals surface area contributed by atoms with Gasteiger partial charge in [0.05, 0.1) is 0 Å². The summed E-state index contributed by atoms with van der Waals surface area (Å²) >= 11 is 0. The number of hydrogen-bond acceptors (Lipinski definition) is 1. The minimum Gasteiger partial charge on any atom is -0.289 e. The van der Waals surface area contributed by atoms with Gasteiger partial charge in [0.1, 0.15) is 23.3 Å². The third-order valence-electron chi connectivity index (χ3n) is 5.08. The second-order valence-electron chi connectivity index (χ2n) is 7.42. The van der Waals surface area contributed by atoms with Gasteiger partial charge in [-0.3, -0.25) is 4.79 Å². The van der Waals surface area contributed by atoms with E-state index in [1.165, 1.54) is 60.7 Å². The fourth-order valence-corrected chi connectivity index (χ4v) is 3.54. The van der Waals surface area contributed by atoms with Crippen molar-refractivity contribution < 1.29 is 22.4 Å². The molecule has 0 bridgehead atoms. The minimum absolute atomic E-state index is 0.0430. The number of ketones is 1. The number of carbonyl (C=O) groups is 1. The highest BCUT2D eigenvalue weighted by Crippen LogP contribution is 2.28. The first-order chi connectivity index (χ1) is 15.9. The normalized spacial score (nSPS) is 10.5. The number of carbonyl (C=O) groups excluding carboxylic acids is 1. The van der Waals surface area contributed by atoms with Crippen LogP contribution in [0.3, 0.4) is 0 Å². The molecule has 0 aliphatic rings. The summed E-state index contributed by atoms with van der Waals surface area (Å²) in [6.07, 6.45) is 0.812. The summed E-state index contributed by atoms with van der Waals surface area (Å²) in [5, 5.41) is 0. The fraction of sp³-hybridized carbons (Fsp3) is 0.107. The molecule has 4 rings (SSSR count). The Hall–Kier alpha value is -3.73. The smallest absolute Gasteiger partial charge is 0.193 e. The third kappa shape index (κ3) is 6.62. The predicted octanol–water partition coefficient (Wildman–Crippen LogP) is 7.70. The van der Waals surface area contributed by atoms with Gasteiger partial charge in [0.25, 0.3) is 0 Å². The molecule has 0 saturated carbocycles. The third-order valence-corrected chi connectivity index (χ3v) is 5.08. The Bertz CT molecular complexity index is 1140. The zero-order valence-electron chi connectivity index (χ0n) is 17.9. The van der Waals surface area contributed by atoms with Gasteiger partial charge in [-0.2, -0.15) is 0 Å². The highest BCUT2D eigenvalue weighted by Gasteiger charge is 2.13. The summed E-state index contributed by atoms with van der Waals surface area (Å²) in [6.45, 7) is 2.01. The molecule has 33 heavy (non-hydrogen) atoms. The lowest BCUT2D eigenvalue weighted by molar-refractivity contribution is 0.103. The Kier molecular flexibility index (Phi) is 8.14. The van der Waals surface area contributed by atoms with E-state index in [0.717, 1.165) is 29.7 Å². The SMILES string of the molecule is CCC(c1cccc(F)c1)c1cccc(F)c1.O=C(c1cccc(F)c1)c1cccc(F)c1. The van der Waals surface area contributed by atoms with Crippen LogP contribution in [0.1, 0.15) is 46.3 Å². The average molecular weight is 450 g/mol. The van der Waals surface area contributed by atoms with E-state index in [9.17, 15) is 22.4 Å². The van der Waals surface area contributed by atoms with Crippen molar-refractivity contribution in [3.63, 3.8) is 0 Å². The molecule has 0 amide bonds. The van der Waals surface area contributed by atoms with Gasteiger partial charge in [-0.05, 0) is 66.1 Å². The van der Waals surface area contributed by atoms with E-state index in [0.29, 0.717) is 0 Å². The number of halogens is 4. The van der Waals surface area contributed by atoms with Gasteiger partial charge in [0, 0.05) is 17.0 Å². The Morgan fingerprint density at radius 1 is 0.606 bits per heavy atom. The molecule has 0 unspecified atom stereocenters. The minimum atomic E-state index is -0.484. The summed E-state index contributed by atoms with van der Waals surface area (Å²) in [4.78, 5) is 11.8. The highest BCUT2D eigenvalue weighted by molar-refractivity contribution is 6.08. The van der Waals surface area contributed by atoms with Crippen LogP contribution in [0.25, 0.3) is 0 Å². The van der Waals surface area contributed by atoms with Crippen LogP contribution in [-0.2, 0) is 0 Å². The molecule has 168 valence electrons. The Morgan fingerprint density at radius 3 is 1.30 bits per heavy atom. The van der Waals surface area contributed by atoms with Crippen LogP contribution in [0, 0.1) is 23.3 Å². The maximum atomic E-state index is 13.2. The average Bonchev–Trinajstić information content (AvgIpc) is 2.80. The van der Waals surface area contributed by atoms with E-state index in [4.69, 9.17) is 0 Å². The van der Waals surface area contributed by atoms with E-state index < -0.39 is 11.6 Å². The van der Waals surface area contributed by atoms with Crippen LogP contribution in [-0.4, -0.2) is 5.78 Å². The molecule has 0 saturated heterocycles. The zero-order chi connectivity index (χ0) is 23.8. The maximum Gasteiger partial charge on any atom is 0.193 e. The first-order valence-corrected chi connectivity index (χ1v) is 10.4. The molecule has 5 heteroatoms. The van der Waals surface area contributed by atoms with Crippen molar-refractivity contribution in [2.45, 2.75) is 19.3 Å². The van der Waals surface area contributed by atoms with Crippen LogP contribution in [0.2, 0.25) is 0 Å². The molecule has 0 radical (unpaired) electrons. The van der Waals surface area contributed by atoms with Crippen molar-refractivity contribution in [2.24, 2.45) is 0 Å². The van der Waals surface area contributed by atoms with Crippen LogP contribution in [0.4, 0.5) is 17.6 Å². The lowest BCUT2D eigenvalue weighted by Crippen LogP contribution is -2.01. The summed E-state index contributed by atoms with van der Waals surface area (Å²) in [6, 6.07) is 23.6. The van der Waals surface area contributed by atoms with Crippen molar-refractivity contribution in [1.29, 1.82) is 0 Å². The van der Waals surface area contributed by atoms with Gasteiger partial charge in [0.2, 0.25) is 0 Å². The van der Waals surface area contributed by atoms with Crippen molar-refractivity contribution in [2.75, 3.05) is 0 Å². The van der Waals surface area contributed by atoms with Crippen LogP contribution in [0.5, 0.6) is 0 Å². The molecule has 0 spiro atoms. The molecule has 0 N–H and O–H groups in total. The number of benzene rings is 4. The Morgan fingerprint density at radius 2 is 0.970 bits per heavy atom. The summed E-state index contributed by atoms with van der Waals surface area (Å²) in [5.41, 5.74) is 2.20. The van der Waals surface area contributed by atoms with Crippen LogP contribution in [0.15, 0.2) is 97.1 Å². The van der Waals surface area contributed by atoms with Crippen LogP contribution >= 0.6 is 0 Å². The second kappa shape index (κ2) is 11.2. The molecule has 0 aliphatic heterocycles. The van der Waals surface area contributed by atoms with Crippen LogP contribution < -0.4 is 0 Å². The summed E-state index contributed by atoms with van der Waals surface area (Å²) < 4.78 is 52.2. The molecule has 0 atom stereocenters. The van der Waals surface area contributed by atoms with E-state index in [1.807, 2.05) is 19.1 Å². The highest BCUT2D eigenvalue weighted by atomic mass is 19.1. The topological polar surface area (TPSA) is 17.1 Å². The molecular weight excluding hydrogens is 428 g/mol. The van der Waals surface area contributed by atoms with Crippen molar-refractivity contribution in [3.8, 4) is 0 Å². The molecule has 0 aromatic heterocycles. The largest absolute Gasteiger partial charge is 0.289 e. The number of hydrogen-bond donors (Lipinski definition) is 0. The molecule has 0 aliphatic carbocycles. The van der Waals surface area contributed by atoms with Crippen molar-refractivity contribution in [3.05, 3.63) is 143 Å². The van der Waals surface area contributed by atoms with Crippen molar-refractivity contribution in [1.82, 2.24) is 0 Å². The van der Waals surface area contributed by atoms with E-state index >= 15 is 0 Å². The Balaban J connectivity index is 0.000000186. The lowest BCUT2D eigenvalue weighted by Gasteiger charge is -2.16. The lowest BCUT2D eigenvalue weighted by atomic mass is 9.89. The van der Waals surface area contributed by atoms with Crippen molar-refractivity contribution >= 4 is 5.78 Å². The van der Waals surface area contributed by atoms with E-state index in [1.54, 1.807) is 12.1 Å². The standard InChI is InChI=1S/C15H14F2.C13H8F2O/c1-2-15(11-5-3-7-13(16)9-11)12-6-4-8-14(17)10-12;14-11-5-1-3-9(7-11)13(16)10-4-2-6-12(15)8-10/h3-10,15H,2H2,1H3;1-8H. The van der Waals surface area contributed by atoms with E-state index in [-0.39, 0.29) is 34.5 Å². The molecule has 4 aromatic carbocycles. The van der Waals surface area contributed by atoms with Gasteiger partial charge in [0.15, 0.2) is 5.78 Å². The second-order valence-corrected chi connectivity index (χ2v) is 7.42. The van der Waals surface area contributed by atoms with Gasteiger partial charge in [-0.25, -0.2) is 17.6 Å². The van der Waals surface area contributed by atoms with Gasteiger partial charge < -0.3 is 0 Å². The zero-order valence-corrected chi connectivity index (χ0v) is 17.9. The Labute approximate surface area is 190 Å². The predicted molar refractivity (Wildman–Crippen MR) is 121 cm³/mol. The van der Waals surface area contributed by atoms with Gasteiger partial charge >= 0.3 is 0 Å². The fourth-order valence-electron chi connectivity index (χ4n) is 3.54. The molecule has 4 aromatic rings. The maximum absolute atomic E-state index is 13.2. The molecule has 0 heterocycles. The van der Waals surface area contributed by atoms with Gasteiger partial charge in [-0.1, -0.05) is 55.5 Å². The number of rotatable bonds is 5. The quantitative estimate of drug-likeness (QED) is 0.225. The summed E-state index contributed by atoms with van der Waals surface area (Å²) in [5.74, 6) is -1.82. The monoisotopic (exact) mass is 450 g/mol. The molecule has 1 nitrogen and oxygen atoms in total. The molecule has 0 fully saturated rings. The van der Waals surface area contributed by atoms with E-state index in [2.05, 4.69) is 0 Å². The summed E-state index contributed by atoms with van der Waals surface area (Å²) in [7, 11) is 0.